The molecule has 4 aromatic rings. The SMILES string of the molecule is Nc1ncnc2c1nc(SC1=COC(c3ccccc3Br)O1)n2CCc1ccc(Cl)cc1F. The molecule has 1 aliphatic rings. The number of aromatic nitrogens is 4. The van der Waals surface area contributed by atoms with Gasteiger partial charge in [-0.3, -0.25) is 0 Å². The molecule has 0 radical (unpaired) electrons. The monoisotopic (exact) mass is 547 g/mol. The lowest BCUT2D eigenvalue weighted by atomic mass is 10.1. The highest BCUT2D eigenvalue weighted by molar-refractivity contribution is 9.10. The molecule has 0 fully saturated rings. The van der Waals surface area contributed by atoms with Crippen LogP contribution in [0.2, 0.25) is 5.02 Å². The van der Waals surface area contributed by atoms with Crippen molar-refractivity contribution in [1.29, 1.82) is 0 Å². The molecule has 7 nitrogen and oxygen atoms in total. The third kappa shape index (κ3) is 4.50. The lowest BCUT2D eigenvalue weighted by molar-refractivity contribution is -0.0278. The maximum Gasteiger partial charge on any atom is 0.268 e. The van der Waals surface area contributed by atoms with Crippen molar-refractivity contribution < 1.29 is 13.9 Å². The lowest BCUT2D eigenvalue weighted by Crippen LogP contribution is -2.06. The van der Waals surface area contributed by atoms with Gasteiger partial charge in [0.15, 0.2) is 22.1 Å². The maximum absolute atomic E-state index is 14.3. The van der Waals surface area contributed by atoms with Crippen LogP contribution in [0.1, 0.15) is 17.4 Å². The molecule has 2 aromatic heterocycles. The number of hydrogen-bond acceptors (Lipinski definition) is 7. The van der Waals surface area contributed by atoms with E-state index in [4.69, 9.17) is 26.8 Å². The molecule has 33 heavy (non-hydrogen) atoms. The van der Waals surface area contributed by atoms with E-state index in [1.54, 1.807) is 18.4 Å². The van der Waals surface area contributed by atoms with Crippen LogP contribution in [0.15, 0.2) is 69.8 Å². The van der Waals surface area contributed by atoms with Crippen molar-refractivity contribution in [2.45, 2.75) is 24.4 Å². The van der Waals surface area contributed by atoms with Gasteiger partial charge < -0.3 is 19.8 Å². The fourth-order valence-corrected chi connectivity index (χ4v) is 4.86. The van der Waals surface area contributed by atoms with Crippen LogP contribution in [0, 0.1) is 5.82 Å². The van der Waals surface area contributed by atoms with Gasteiger partial charge in [0.05, 0.1) is 0 Å². The molecule has 168 valence electrons. The zero-order valence-electron chi connectivity index (χ0n) is 16.9. The molecule has 2 N–H and O–H groups in total. The molecule has 1 unspecified atom stereocenters. The molecule has 0 amide bonds. The van der Waals surface area contributed by atoms with Crippen LogP contribution in [0.3, 0.4) is 0 Å². The number of halogens is 3. The van der Waals surface area contributed by atoms with Crippen LogP contribution in [0.5, 0.6) is 0 Å². The van der Waals surface area contributed by atoms with E-state index in [2.05, 4.69) is 30.9 Å². The summed E-state index contributed by atoms with van der Waals surface area (Å²) in [4.78, 5) is 13.0. The number of rotatable bonds is 6. The van der Waals surface area contributed by atoms with Crippen molar-refractivity contribution in [3.8, 4) is 0 Å². The van der Waals surface area contributed by atoms with Crippen molar-refractivity contribution in [2.24, 2.45) is 0 Å². The zero-order valence-corrected chi connectivity index (χ0v) is 20.1. The Bertz CT molecular complexity index is 1380. The fraction of sp³-hybridized carbons (Fsp3) is 0.136. The van der Waals surface area contributed by atoms with Crippen molar-refractivity contribution in [1.82, 2.24) is 19.5 Å². The van der Waals surface area contributed by atoms with Crippen molar-refractivity contribution in [3.63, 3.8) is 0 Å². The maximum atomic E-state index is 14.3. The topological polar surface area (TPSA) is 88.1 Å². The number of imidazole rings is 1. The Labute approximate surface area is 205 Å². The molecule has 11 heteroatoms. The van der Waals surface area contributed by atoms with E-state index in [1.165, 1.54) is 24.2 Å². The number of nitrogens with zero attached hydrogens (tertiary/aromatic N) is 4. The molecule has 2 aromatic carbocycles. The summed E-state index contributed by atoms with van der Waals surface area (Å²) in [7, 11) is 0. The average molecular weight is 549 g/mol. The van der Waals surface area contributed by atoms with E-state index >= 15 is 0 Å². The second-order valence-corrected chi connectivity index (χ2v) is 9.37. The standard InChI is InChI=1S/C22H16BrClFN5O2S/c23-15-4-2-1-3-14(15)21-31-10-17(32-21)33-22-29-18-19(26)27-11-28-20(18)30(22)8-7-12-5-6-13(24)9-16(12)25/h1-6,9-11,21H,7-8H2,(H2,26,27,28). The van der Waals surface area contributed by atoms with Crippen molar-refractivity contribution >= 4 is 56.3 Å². The number of thioether (sulfide) groups is 1. The smallest absolute Gasteiger partial charge is 0.268 e. The summed E-state index contributed by atoms with van der Waals surface area (Å²) in [6.45, 7) is 0.412. The highest BCUT2D eigenvalue weighted by atomic mass is 79.9. The molecule has 0 bridgehead atoms. The predicted molar refractivity (Wildman–Crippen MR) is 128 cm³/mol. The third-order valence-electron chi connectivity index (χ3n) is 5.01. The van der Waals surface area contributed by atoms with E-state index in [9.17, 15) is 4.39 Å². The summed E-state index contributed by atoms with van der Waals surface area (Å²) in [6.07, 6.45) is 2.76. The molecule has 1 atom stereocenters. The summed E-state index contributed by atoms with van der Waals surface area (Å²) in [5, 5.41) is 1.46. The molecule has 0 saturated heterocycles. The van der Waals surface area contributed by atoms with Gasteiger partial charge in [0.25, 0.3) is 6.29 Å². The normalized spacial score (nSPS) is 15.4. The van der Waals surface area contributed by atoms with Crippen LogP contribution in [0.25, 0.3) is 11.2 Å². The molecular weight excluding hydrogens is 533 g/mol. The Morgan fingerprint density at radius 2 is 2.06 bits per heavy atom. The largest absolute Gasteiger partial charge is 0.454 e. The van der Waals surface area contributed by atoms with E-state index < -0.39 is 6.29 Å². The molecular formula is C22H16BrClFN5O2S. The minimum atomic E-state index is -0.575. The number of fused-ring (bicyclic) bond motifs is 1. The number of benzene rings is 2. The Morgan fingerprint density at radius 3 is 2.88 bits per heavy atom. The quantitative estimate of drug-likeness (QED) is 0.324. The number of ether oxygens (including phenoxy) is 2. The average Bonchev–Trinajstić information content (AvgIpc) is 3.39. The first-order valence-corrected chi connectivity index (χ1v) is 11.8. The summed E-state index contributed by atoms with van der Waals surface area (Å²) in [6, 6.07) is 12.3. The van der Waals surface area contributed by atoms with Gasteiger partial charge in [-0.1, -0.05) is 51.8 Å². The van der Waals surface area contributed by atoms with Gasteiger partial charge in [-0.05, 0) is 41.9 Å². The Hall–Kier alpha value is -2.82. The van der Waals surface area contributed by atoms with Crippen LogP contribution in [-0.4, -0.2) is 19.5 Å². The Morgan fingerprint density at radius 1 is 1.21 bits per heavy atom. The second-order valence-electron chi connectivity index (χ2n) is 7.11. The number of aryl methyl sites for hydroxylation is 2. The van der Waals surface area contributed by atoms with Gasteiger partial charge in [-0.15, -0.1) is 0 Å². The number of hydrogen-bond donors (Lipinski definition) is 1. The zero-order chi connectivity index (χ0) is 22.9. The van der Waals surface area contributed by atoms with Crippen LogP contribution < -0.4 is 5.73 Å². The Kier molecular flexibility index (Phi) is 6.13. The van der Waals surface area contributed by atoms with Gasteiger partial charge in [0.2, 0.25) is 5.09 Å². The van der Waals surface area contributed by atoms with Gasteiger partial charge in [-0.2, -0.15) is 0 Å². The lowest BCUT2D eigenvalue weighted by Gasteiger charge is -2.13. The van der Waals surface area contributed by atoms with Gasteiger partial charge in [0.1, 0.15) is 18.4 Å². The van der Waals surface area contributed by atoms with E-state index in [0.29, 0.717) is 45.0 Å². The summed E-state index contributed by atoms with van der Waals surface area (Å²) < 4.78 is 28.8. The van der Waals surface area contributed by atoms with Gasteiger partial charge >= 0.3 is 0 Å². The second kappa shape index (κ2) is 9.20. The molecule has 0 saturated carbocycles. The molecule has 1 aliphatic heterocycles. The van der Waals surface area contributed by atoms with Crippen LogP contribution in [-0.2, 0) is 22.4 Å². The van der Waals surface area contributed by atoms with Crippen LogP contribution >= 0.6 is 39.3 Å². The summed E-state index contributed by atoms with van der Waals surface area (Å²) >= 11 is 10.7. The van der Waals surface area contributed by atoms with E-state index in [-0.39, 0.29) is 11.6 Å². The number of anilines is 1. The predicted octanol–water partition coefficient (Wildman–Crippen LogP) is 5.84. The van der Waals surface area contributed by atoms with E-state index in [1.807, 2.05) is 28.8 Å². The summed E-state index contributed by atoms with van der Waals surface area (Å²) in [5.74, 6) is -0.0938. The highest BCUT2D eigenvalue weighted by Crippen LogP contribution is 2.40. The van der Waals surface area contributed by atoms with Crippen molar-refractivity contribution in [2.75, 3.05) is 5.73 Å². The first-order chi connectivity index (χ1) is 16.0. The summed E-state index contributed by atoms with van der Waals surface area (Å²) in [5.41, 5.74) is 8.45. The van der Waals surface area contributed by atoms with Gasteiger partial charge in [0, 0.05) is 21.6 Å². The first-order valence-electron chi connectivity index (χ1n) is 9.85. The molecule has 3 heterocycles. The minimum absolute atomic E-state index is 0.266. The molecule has 0 aliphatic carbocycles. The number of nitrogens with two attached hydrogens (primary N) is 1. The molecule has 5 rings (SSSR count). The minimum Gasteiger partial charge on any atom is -0.454 e. The Balaban J connectivity index is 1.41. The first kappa shape index (κ1) is 22.0. The highest BCUT2D eigenvalue weighted by Gasteiger charge is 2.26. The number of nitrogen functional groups attached to an aromatic ring is 1. The van der Waals surface area contributed by atoms with E-state index in [0.717, 1.165) is 10.0 Å². The van der Waals surface area contributed by atoms with Crippen LogP contribution in [0.4, 0.5) is 10.2 Å². The fourth-order valence-electron chi connectivity index (χ4n) is 3.39. The molecule has 0 spiro atoms. The van der Waals surface area contributed by atoms with Crippen molar-refractivity contribution in [3.05, 3.63) is 86.6 Å². The van der Waals surface area contributed by atoms with Gasteiger partial charge in [-0.25, -0.2) is 19.3 Å². The third-order valence-corrected chi connectivity index (χ3v) is 6.85.